The van der Waals surface area contributed by atoms with Gasteiger partial charge in [0.1, 0.15) is 0 Å². The lowest BCUT2D eigenvalue weighted by molar-refractivity contribution is 0.0494. The van der Waals surface area contributed by atoms with E-state index >= 15 is 0 Å². The highest BCUT2D eigenvalue weighted by Gasteiger charge is 2.24. The number of benzene rings is 1. The van der Waals surface area contributed by atoms with Crippen LogP contribution in [-0.2, 0) is 5.60 Å². The molecule has 3 nitrogen and oxygen atoms in total. The quantitative estimate of drug-likeness (QED) is 0.794. The fraction of sp³-hybridized carbons (Fsp3) is 0.400. The minimum absolute atomic E-state index is 0.677. The molecule has 2 aromatic rings. The van der Waals surface area contributed by atoms with Crippen molar-refractivity contribution >= 4 is 10.8 Å². The van der Waals surface area contributed by atoms with Crippen molar-refractivity contribution in [2.24, 2.45) is 0 Å². The number of pyridine rings is 1. The van der Waals surface area contributed by atoms with Gasteiger partial charge >= 0.3 is 0 Å². The molecular weight excluding hydrogens is 224 g/mol. The van der Waals surface area contributed by atoms with E-state index < -0.39 is 5.60 Å². The molecule has 1 aromatic heterocycles. The summed E-state index contributed by atoms with van der Waals surface area (Å²) in [5.74, 6) is 0. The molecule has 0 amide bonds. The summed E-state index contributed by atoms with van der Waals surface area (Å²) in [5, 5.41) is 16.0. The van der Waals surface area contributed by atoms with Crippen LogP contribution in [0.4, 0.5) is 0 Å². The standard InChI is InChI=1S/C15H20N2O/c1-3-16-9-8-15(2,18)14-11-17-10-12-6-4-5-7-13(12)14/h4-7,10-11,16,18H,3,8-9H2,1-2H3. The van der Waals surface area contributed by atoms with E-state index in [1.54, 1.807) is 6.20 Å². The molecule has 0 aliphatic carbocycles. The molecule has 0 saturated carbocycles. The topological polar surface area (TPSA) is 45.1 Å². The Bertz CT molecular complexity index is 517. The first-order chi connectivity index (χ1) is 8.65. The molecule has 3 heteroatoms. The molecule has 1 heterocycles. The minimum Gasteiger partial charge on any atom is -0.385 e. The van der Waals surface area contributed by atoms with Crippen LogP contribution in [0.3, 0.4) is 0 Å². The van der Waals surface area contributed by atoms with Crippen molar-refractivity contribution < 1.29 is 5.11 Å². The van der Waals surface area contributed by atoms with Crippen LogP contribution >= 0.6 is 0 Å². The molecule has 0 spiro atoms. The summed E-state index contributed by atoms with van der Waals surface area (Å²) in [7, 11) is 0. The van der Waals surface area contributed by atoms with Crippen LogP contribution in [0.15, 0.2) is 36.7 Å². The van der Waals surface area contributed by atoms with Crippen LogP contribution in [0.1, 0.15) is 25.8 Å². The lowest BCUT2D eigenvalue weighted by Crippen LogP contribution is -2.28. The SMILES string of the molecule is CCNCCC(C)(O)c1cncc2ccccc12. The van der Waals surface area contributed by atoms with Gasteiger partial charge in [-0.25, -0.2) is 0 Å². The van der Waals surface area contributed by atoms with Gasteiger partial charge in [-0.1, -0.05) is 31.2 Å². The number of hydrogen-bond donors (Lipinski definition) is 2. The van der Waals surface area contributed by atoms with E-state index in [0.29, 0.717) is 6.42 Å². The Kier molecular flexibility index (Phi) is 3.94. The van der Waals surface area contributed by atoms with E-state index in [-0.39, 0.29) is 0 Å². The van der Waals surface area contributed by atoms with Crippen molar-refractivity contribution in [1.82, 2.24) is 10.3 Å². The van der Waals surface area contributed by atoms with Crippen LogP contribution < -0.4 is 5.32 Å². The van der Waals surface area contributed by atoms with Crippen molar-refractivity contribution in [2.45, 2.75) is 25.9 Å². The number of fused-ring (bicyclic) bond motifs is 1. The lowest BCUT2D eigenvalue weighted by atomic mass is 9.90. The molecular formula is C15H20N2O. The van der Waals surface area contributed by atoms with Gasteiger partial charge in [-0.05, 0) is 31.8 Å². The molecule has 18 heavy (non-hydrogen) atoms. The van der Waals surface area contributed by atoms with Gasteiger partial charge in [0.25, 0.3) is 0 Å². The van der Waals surface area contributed by atoms with Gasteiger partial charge in [0.2, 0.25) is 0 Å². The summed E-state index contributed by atoms with van der Waals surface area (Å²) in [4.78, 5) is 4.23. The molecule has 1 atom stereocenters. The monoisotopic (exact) mass is 244 g/mol. The third kappa shape index (κ3) is 2.68. The van der Waals surface area contributed by atoms with Crippen molar-refractivity contribution in [1.29, 1.82) is 0 Å². The number of aromatic nitrogens is 1. The van der Waals surface area contributed by atoms with Crippen molar-refractivity contribution in [3.05, 3.63) is 42.2 Å². The van der Waals surface area contributed by atoms with Gasteiger partial charge in [-0.15, -0.1) is 0 Å². The zero-order valence-electron chi connectivity index (χ0n) is 11.0. The Morgan fingerprint density at radius 3 is 2.83 bits per heavy atom. The summed E-state index contributed by atoms with van der Waals surface area (Å²) in [6.45, 7) is 5.64. The Hall–Kier alpha value is -1.45. The first-order valence-electron chi connectivity index (χ1n) is 6.41. The largest absolute Gasteiger partial charge is 0.385 e. The zero-order chi connectivity index (χ0) is 13.0. The summed E-state index contributed by atoms with van der Waals surface area (Å²) >= 11 is 0. The van der Waals surface area contributed by atoms with E-state index in [2.05, 4.69) is 17.2 Å². The summed E-state index contributed by atoms with van der Waals surface area (Å²) in [6, 6.07) is 8.04. The van der Waals surface area contributed by atoms with E-state index in [1.165, 1.54) is 0 Å². The Labute approximate surface area is 108 Å². The number of aliphatic hydroxyl groups is 1. The minimum atomic E-state index is -0.851. The first kappa shape index (κ1) is 13.0. The van der Waals surface area contributed by atoms with E-state index in [9.17, 15) is 5.11 Å². The maximum atomic E-state index is 10.6. The number of hydrogen-bond acceptors (Lipinski definition) is 3. The average molecular weight is 244 g/mol. The second-order valence-corrected chi connectivity index (χ2v) is 4.79. The molecule has 0 aliphatic rings. The van der Waals surface area contributed by atoms with Crippen molar-refractivity contribution in [3.8, 4) is 0 Å². The average Bonchev–Trinajstić information content (AvgIpc) is 2.38. The summed E-state index contributed by atoms with van der Waals surface area (Å²) < 4.78 is 0. The molecule has 2 N–H and O–H groups in total. The number of rotatable bonds is 5. The third-order valence-corrected chi connectivity index (χ3v) is 3.29. The lowest BCUT2D eigenvalue weighted by Gasteiger charge is -2.25. The van der Waals surface area contributed by atoms with Crippen LogP contribution in [0.5, 0.6) is 0 Å². The molecule has 1 aromatic carbocycles. The van der Waals surface area contributed by atoms with E-state index in [1.807, 2.05) is 37.4 Å². The molecule has 0 fully saturated rings. The zero-order valence-corrected chi connectivity index (χ0v) is 11.0. The second-order valence-electron chi connectivity index (χ2n) is 4.79. The third-order valence-electron chi connectivity index (χ3n) is 3.29. The van der Waals surface area contributed by atoms with Crippen molar-refractivity contribution in [3.63, 3.8) is 0 Å². The van der Waals surface area contributed by atoms with Crippen LogP contribution in [0.25, 0.3) is 10.8 Å². The number of nitrogens with zero attached hydrogens (tertiary/aromatic N) is 1. The van der Waals surface area contributed by atoms with Crippen LogP contribution in [-0.4, -0.2) is 23.2 Å². The Balaban J connectivity index is 2.34. The van der Waals surface area contributed by atoms with Gasteiger partial charge in [-0.3, -0.25) is 4.98 Å². The molecule has 2 rings (SSSR count). The second kappa shape index (κ2) is 5.46. The highest BCUT2D eigenvalue weighted by Crippen LogP contribution is 2.29. The highest BCUT2D eigenvalue weighted by atomic mass is 16.3. The predicted octanol–water partition coefficient (Wildman–Crippen LogP) is 2.44. The highest BCUT2D eigenvalue weighted by molar-refractivity contribution is 5.85. The Morgan fingerprint density at radius 2 is 2.06 bits per heavy atom. The fourth-order valence-electron chi connectivity index (χ4n) is 2.19. The van der Waals surface area contributed by atoms with E-state index in [0.717, 1.165) is 29.4 Å². The van der Waals surface area contributed by atoms with E-state index in [4.69, 9.17) is 0 Å². The molecule has 96 valence electrons. The first-order valence-corrected chi connectivity index (χ1v) is 6.41. The molecule has 0 radical (unpaired) electrons. The Morgan fingerprint density at radius 1 is 1.28 bits per heavy atom. The van der Waals surface area contributed by atoms with Gasteiger partial charge in [0.15, 0.2) is 0 Å². The number of nitrogens with one attached hydrogen (secondary N) is 1. The van der Waals surface area contributed by atoms with Gasteiger partial charge < -0.3 is 10.4 Å². The molecule has 0 bridgehead atoms. The summed E-state index contributed by atoms with van der Waals surface area (Å²) in [6.07, 6.45) is 4.28. The molecule has 0 aliphatic heterocycles. The van der Waals surface area contributed by atoms with Gasteiger partial charge in [-0.2, -0.15) is 0 Å². The fourth-order valence-corrected chi connectivity index (χ4v) is 2.19. The normalized spacial score (nSPS) is 14.6. The summed E-state index contributed by atoms with van der Waals surface area (Å²) in [5.41, 5.74) is 0.0502. The van der Waals surface area contributed by atoms with Crippen molar-refractivity contribution in [2.75, 3.05) is 13.1 Å². The molecule has 0 saturated heterocycles. The predicted molar refractivity (Wildman–Crippen MR) is 74.5 cm³/mol. The maximum Gasteiger partial charge on any atom is 0.0901 e. The smallest absolute Gasteiger partial charge is 0.0901 e. The van der Waals surface area contributed by atoms with Crippen LogP contribution in [0, 0.1) is 0 Å². The molecule has 1 unspecified atom stereocenters. The van der Waals surface area contributed by atoms with Gasteiger partial charge in [0, 0.05) is 23.3 Å². The maximum absolute atomic E-state index is 10.6. The van der Waals surface area contributed by atoms with Gasteiger partial charge in [0.05, 0.1) is 5.60 Å². The van der Waals surface area contributed by atoms with Crippen LogP contribution in [0.2, 0.25) is 0 Å².